The van der Waals surface area contributed by atoms with Crippen molar-refractivity contribution >= 4 is 5.96 Å². The van der Waals surface area contributed by atoms with E-state index in [-0.39, 0.29) is 5.54 Å². The number of rotatable bonds is 4. The van der Waals surface area contributed by atoms with Crippen LogP contribution in [0.25, 0.3) is 0 Å². The summed E-state index contributed by atoms with van der Waals surface area (Å²) < 4.78 is 11.7. The Balaban J connectivity index is 1.69. The predicted molar refractivity (Wildman–Crippen MR) is 78.8 cm³/mol. The highest BCUT2D eigenvalue weighted by atomic mass is 16.5. The first-order chi connectivity index (χ1) is 9.73. The first-order valence-electron chi connectivity index (χ1n) is 8.04. The number of guanidine groups is 1. The summed E-state index contributed by atoms with van der Waals surface area (Å²) >= 11 is 0. The van der Waals surface area contributed by atoms with E-state index in [1.807, 2.05) is 0 Å². The largest absolute Gasteiger partial charge is 0.378 e. The highest BCUT2D eigenvalue weighted by Gasteiger charge is 2.46. The molecule has 0 aromatic rings. The van der Waals surface area contributed by atoms with Crippen LogP contribution in [0, 0.1) is 0 Å². The summed E-state index contributed by atoms with van der Waals surface area (Å²) in [5, 5.41) is 0. The SMILES string of the molecule is CCCC1CC2(CCO1)CN=C(N)N2CC1CCCO1. The third kappa shape index (κ3) is 2.66. The molecule has 3 aliphatic heterocycles. The number of hydrogen-bond acceptors (Lipinski definition) is 5. The van der Waals surface area contributed by atoms with Crippen LogP contribution in [0.3, 0.4) is 0 Å². The van der Waals surface area contributed by atoms with Gasteiger partial charge in [0.25, 0.3) is 0 Å². The Labute approximate surface area is 121 Å². The van der Waals surface area contributed by atoms with Gasteiger partial charge in [0.1, 0.15) is 0 Å². The Hall–Kier alpha value is -0.810. The molecule has 0 saturated carbocycles. The zero-order chi connectivity index (χ0) is 14.0. The molecule has 3 heterocycles. The monoisotopic (exact) mass is 281 g/mol. The fourth-order valence-corrected chi connectivity index (χ4v) is 3.82. The van der Waals surface area contributed by atoms with Crippen LogP contribution in [0.1, 0.15) is 45.4 Å². The first kappa shape index (κ1) is 14.1. The molecule has 0 radical (unpaired) electrons. The lowest BCUT2D eigenvalue weighted by molar-refractivity contribution is -0.0578. The molecule has 20 heavy (non-hydrogen) atoms. The Bertz CT molecular complexity index is 366. The molecule has 5 nitrogen and oxygen atoms in total. The quantitative estimate of drug-likeness (QED) is 0.848. The van der Waals surface area contributed by atoms with Crippen LogP contribution >= 0.6 is 0 Å². The zero-order valence-corrected chi connectivity index (χ0v) is 12.5. The molecule has 3 rings (SSSR count). The van der Waals surface area contributed by atoms with Crippen LogP contribution < -0.4 is 5.73 Å². The minimum absolute atomic E-state index is 0.0914. The van der Waals surface area contributed by atoms with Gasteiger partial charge in [0.05, 0.1) is 24.3 Å². The lowest BCUT2D eigenvalue weighted by atomic mass is 9.84. The number of aliphatic imine (C=N–C) groups is 1. The molecule has 0 aromatic carbocycles. The van der Waals surface area contributed by atoms with E-state index in [9.17, 15) is 0 Å². The van der Waals surface area contributed by atoms with Crippen molar-refractivity contribution in [1.82, 2.24) is 4.90 Å². The second-order valence-corrected chi connectivity index (χ2v) is 6.38. The molecule has 5 heteroatoms. The van der Waals surface area contributed by atoms with Crippen molar-refractivity contribution in [3.05, 3.63) is 0 Å². The number of nitrogens with zero attached hydrogens (tertiary/aromatic N) is 2. The lowest BCUT2D eigenvalue weighted by Crippen LogP contribution is -2.58. The number of nitrogens with two attached hydrogens (primary N) is 1. The highest BCUT2D eigenvalue weighted by molar-refractivity contribution is 5.81. The molecule has 0 amide bonds. The van der Waals surface area contributed by atoms with Crippen molar-refractivity contribution in [2.45, 2.75) is 63.2 Å². The molecule has 0 aromatic heterocycles. The van der Waals surface area contributed by atoms with E-state index in [2.05, 4.69) is 16.8 Å². The fraction of sp³-hybridized carbons (Fsp3) is 0.933. The van der Waals surface area contributed by atoms with Gasteiger partial charge >= 0.3 is 0 Å². The molecule has 3 aliphatic rings. The van der Waals surface area contributed by atoms with Crippen LogP contribution in [0.15, 0.2) is 4.99 Å². The van der Waals surface area contributed by atoms with Crippen molar-refractivity contribution < 1.29 is 9.47 Å². The van der Waals surface area contributed by atoms with Gasteiger partial charge in [-0.3, -0.25) is 4.99 Å². The molecule has 0 aliphatic carbocycles. The van der Waals surface area contributed by atoms with Crippen LogP contribution in [0.5, 0.6) is 0 Å². The van der Waals surface area contributed by atoms with E-state index in [0.717, 1.165) is 52.0 Å². The molecule has 0 bridgehead atoms. The van der Waals surface area contributed by atoms with Crippen LogP contribution in [-0.4, -0.2) is 54.9 Å². The van der Waals surface area contributed by atoms with E-state index in [1.54, 1.807) is 0 Å². The Morgan fingerprint density at radius 3 is 2.95 bits per heavy atom. The summed E-state index contributed by atoms with van der Waals surface area (Å²) in [4.78, 5) is 6.87. The molecule has 3 atom stereocenters. The first-order valence-corrected chi connectivity index (χ1v) is 8.04. The van der Waals surface area contributed by atoms with Gasteiger partial charge in [-0.1, -0.05) is 13.3 Å². The molecular weight excluding hydrogens is 254 g/mol. The second-order valence-electron chi connectivity index (χ2n) is 6.38. The third-order valence-electron chi connectivity index (χ3n) is 4.93. The van der Waals surface area contributed by atoms with Gasteiger partial charge in [0, 0.05) is 19.8 Å². The van der Waals surface area contributed by atoms with Crippen LogP contribution in [0.2, 0.25) is 0 Å². The molecule has 1 spiro atoms. The predicted octanol–water partition coefficient (Wildman–Crippen LogP) is 1.51. The summed E-state index contributed by atoms with van der Waals surface area (Å²) in [7, 11) is 0. The maximum absolute atomic E-state index is 6.16. The van der Waals surface area contributed by atoms with E-state index in [1.165, 1.54) is 12.8 Å². The lowest BCUT2D eigenvalue weighted by Gasteiger charge is -2.45. The van der Waals surface area contributed by atoms with Crippen molar-refractivity contribution in [3.8, 4) is 0 Å². The molecule has 2 N–H and O–H groups in total. The summed E-state index contributed by atoms with van der Waals surface area (Å²) in [5.41, 5.74) is 6.25. The normalized spacial score (nSPS) is 37.6. The summed E-state index contributed by atoms with van der Waals surface area (Å²) in [6.07, 6.45) is 7.40. The van der Waals surface area contributed by atoms with E-state index in [0.29, 0.717) is 18.2 Å². The topological polar surface area (TPSA) is 60.1 Å². The van der Waals surface area contributed by atoms with Gasteiger partial charge in [-0.25, -0.2) is 0 Å². The van der Waals surface area contributed by atoms with Gasteiger partial charge in [-0.15, -0.1) is 0 Å². The van der Waals surface area contributed by atoms with Crippen molar-refractivity contribution in [1.29, 1.82) is 0 Å². The van der Waals surface area contributed by atoms with Crippen LogP contribution in [-0.2, 0) is 9.47 Å². The third-order valence-corrected chi connectivity index (χ3v) is 4.93. The van der Waals surface area contributed by atoms with E-state index in [4.69, 9.17) is 15.2 Å². The zero-order valence-electron chi connectivity index (χ0n) is 12.5. The number of hydrogen-bond donors (Lipinski definition) is 1. The Morgan fingerprint density at radius 1 is 1.35 bits per heavy atom. The summed E-state index contributed by atoms with van der Waals surface area (Å²) in [5.74, 6) is 0.706. The van der Waals surface area contributed by atoms with Gasteiger partial charge in [-0.2, -0.15) is 0 Å². The fourth-order valence-electron chi connectivity index (χ4n) is 3.82. The van der Waals surface area contributed by atoms with Gasteiger partial charge in [0.2, 0.25) is 0 Å². The molecule has 2 fully saturated rings. The molecule has 114 valence electrons. The van der Waals surface area contributed by atoms with Crippen molar-refractivity contribution in [2.24, 2.45) is 10.7 Å². The number of ether oxygens (including phenoxy) is 2. The Morgan fingerprint density at radius 2 is 2.20 bits per heavy atom. The maximum atomic E-state index is 6.16. The van der Waals surface area contributed by atoms with E-state index >= 15 is 0 Å². The van der Waals surface area contributed by atoms with E-state index < -0.39 is 0 Å². The summed E-state index contributed by atoms with van der Waals surface area (Å²) in [6, 6.07) is 0. The van der Waals surface area contributed by atoms with Crippen molar-refractivity contribution in [2.75, 3.05) is 26.3 Å². The molecule has 2 saturated heterocycles. The molecule has 3 unspecified atom stereocenters. The van der Waals surface area contributed by atoms with Gasteiger partial charge in [-0.05, 0) is 32.1 Å². The second kappa shape index (κ2) is 5.90. The average Bonchev–Trinajstić information content (AvgIpc) is 3.04. The standard InChI is InChI=1S/C15H27N3O2/c1-2-4-12-9-15(6-8-20-12)11-17-14(16)18(15)10-13-5-3-7-19-13/h12-13H,2-11H2,1H3,(H2,16,17). The smallest absolute Gasteiger partial charge is 0.191 e. The van der Waals surface area contributed by atoms with Crippen molar-refractivity contribution in [3.63, 3.8) is 0 Å². The van der Waals surface area contributed by atoms with Gasteiger partial charge in [0.15, 0.2) is 5.96 Å². The molecular formula is C15H27N3O2. The van der Waals surface area contributed by atoms with Gasteiger partial charge < -0.3 is 20.1 Å². The van der Waals surface area contributed by atoms with Crippen LogP contribution in [0.4, 0.5) is 0 Å². The Kier molecular flexibility index (Phi) is 4.17. The average molecular weight is 281 g/mol. The maximum Gasteiger partial charge on any atom is 0.191 e. The highest BCUT2D eigenvalue weighted by Crippen LogP contribution is 2.36. The minimum Gasteiger partial charge on any atom is -0.378 e. The summed E-state index contributed by atoms with van der Waals surface area (Å²) in [6.45, 7) is 5.66. The minimum atomic E-state index is 0.0914.